The molecule has 0 saturated carbocycles. The van der Waals surface area contributed by atoms with Crippen LogP contribution in [0, 0.1) is 5.92 Å². The third-order valence-electron chi connectivity index (χ3n) is 5.65. The zero-order valence-electron chi connectivity index (χ0n) is 15.5. The van der Waals surface area contributed by atoms with Crippen molar-refractivity contribution >= 4 is 16.8 Å². The number of carbonyl (C=O) groups is 1. The van der Waals surface area contributed by atoms with E-state index >= 15 is 0 Å². The average molecular weight is 378 g/mol. The number of amides is 1. The molecule has 3 aromatic rings. The first-order chi connectivity index (χ1) is 13.8. The summed E-state index contributed by atoms with van der Waals surface area (Å²) in [7, 11) is 0. The Morgan fingerprint density at radius 3 is 3.11 bits per heavy atom. The molecule has 2 aromatic heterocycles. The molecule has 28 heavy (non-hydrogen) atoms. The maximum atomic E-state index is 12.8. The number of nitrogens with zero attached hydrogens (tertiary/aromatic N) is 2. The molecule has 1 fully saturated rings. The Balaban J connectivity index is 1.33. The molecular formula is C21H22N4O3. The van der Waals surface area contributed by atoms with Crippen LogP contribution in [0.3, 0.4) is 0 Å². The fourth-order valence-corrected chi connectivity index (χ4v) is 4.11. The van der Waals surface area contributed by atoms with E-state index in [0.29, 0.717) is 32.1 Å². The number of H-pyrrole nitrogens is 1. The van der Waals surface area contributed by atoms with Gasteiger partial charge in [-0.15, -0.1) is 0 Å². The number of hydrogen-bond donors (Lipinski definition) is 2. The Hall–Kier alpha value is -2.77. The number of aromatic amines is 1. The van der Waals surface area contributed by atoms with E-state index in [-0.39, 0.29) is 17.9 Å². The predicted octanol–water partition coefficient (Wildman–Crippen LogP) is 2.02. The van der Waals surface area contributed by atoms with Crippen LogP contribution < -0.4 is 5.32 Å². The highest BCUT2D eigenvalue weighted by atomic mass is 16.5. The summed E-state index contributed by atoms with van der Waals surface area (Å²) in [5, 5.41) is 11.5. The highest BCUT2D eigenvalue weighted by Crippen LogP contribution is 2.25. The molecule has 4 heterocycles. The first-order valence-electron chi connectivity index (χ1n) is 9.64. The summed E-state index contributed by atoms with van der Waals surface area (Å²) in [5.41, 5.74) is 4.53. The zero-order chi connectivity index (χ0) is 18.9. The summed E-state index contributed by atoms with van der Waals surface area (Å²) >= 11 is 0. The van der Waals surface area contributed by atoms with E-state index in [1.807, 2.05) is 24.4 Å². The fraction of sp³-hybridized carbons (Fsp3) is 0.381. The average Bonchev–Trinajstić information content (AvgIpc) is 3.35. The van der Waals surface area contributed by atoms with Gasteiger partial charge < -0.3 is 14.8 Å². The van der Waals surface area contributed by atoms with Gasteiger partial charge in [-0.3, -0.25) is 14.9 Å². The van der Waals surface area contributed by atoms with E-state index in [2.05, 4.69) is 32.6 Å². The lowest BCUT2D eigenvalue weighted by Crippen LogP contribution is -2.41. The Labute approximate surface area is 162 Å². The normalized spacial score (nSPS) is 21.6. The second-order valence-electron chi connectivity index (χ2n) is 7.40. The molecule has 1 saturated heterocycles. The first-order valence-corrected chi connectivity index (χ1v) is 9.64. The van der Waals surface area contributed by atoms with Crippen molar-refractivity contribution in [2.24, 2.45) is 5.92 Å². The number of hydrogen-bond acceptors (Lipinski definition) is 5. The van der Waals surface area contributed by atoms with Gasteiger partial charge in [-0.05, 0) is 24.1 Å². The van der Waals surface area contributed by atoms with Crippen molar-refractivity contribution in [3.05, 3.63) is 59.0 Å². The lowest BCUT2D eigenvalue weighted by atomic mass is 9.93. The first kappa shape index (κ1) is 17.3. The smallest absolute Gasteiger partial charge is 0.272 e. The van der Waals surface area contributed by atoms with Crippen LogP contribution in [0.1, 0.15) is 27.3 Å². The van der Waals surface area contributed by atoms with Gasteiger partial charge in [0, 0.05) is 35.2 Å². The van der Waals surface area contributed by atoms with Crippen molar-refractivity contribution in [1.29, 1.82) is 0 Å². The molecule has 1 aromatic carbocycles. The van der Waals surface area contributed by atoms with Crippen molar-refractivity contribution in [2.45, 2.75) is 25.5 Å². The number of pyridine rings is 1. The van der Waals surface area contributed by atoms with Crippen LogP contribution in [-0.2, 0) is 28.9 Å². The fourth-order valence-electron chi connectivity index (χ4n) is 4.11. The van der Waals surface area contributed by atoms with Gasteiger partial charge in [0.25, 0.3) is 5.91 Å². The third kappa shape index (κ3) is 3.16. The van der Waals surface area contributed by atoms with Gasteiger partial charge in [-0.1, -0.05) is 18.2 Å². The maximum Gasteiger partial charge on any atom is 0.272 e. The second kappa shape index (κ2) is 7.33. The van der Waals surface area contributed by atoms with E-state index in [4.69, 9.17) is 9.47 Å². The topological polar surface area (TPSA) is 89.1 Å². The monoisotopic (exact) mass is 378 g/mol. The molecule has 2 aliphatic heterocycles. The van der Waals surface area contributed by atoms with Crippen molar-refractivity contribution < 1.29 is 14.3 Å². The number of ether oxygens (including phenoxy) is 2. The van der Waals surface area contributed by atoms with Gasteiger partial charge in [0.15, 0.2) is 5.69 Å². The van der Waals surface area contributed by atoms with Crippen LogP contribution >= 0.6 is 0 Å². The number of carbonyl (C=O) groups excluding carboxylic acids is 1. The van der Waals surface area contributed by atoms with E-state index in [1.165, 1.54) is 5.56 Å². The second-order valence-corrected chi connectivity index (χ2v) is 7.40. The standard InChI is InChI=1S/C21H22N4O3/c26-21(20-16-11-27-8-6-18(16)24-25-20)23-19-12-28-10-14(19)9-13-5-7-22-17-4-2-1-3-15(13)17/h1-5,7,14,19H,6,8-12H2,(H,23,26)(H,24,25)/t14-,19+/m1/s1. The number of nitrogens with one attached hydrogen (secondary N) is 2. The molecule has 2 aliphatic rings. The molecule has 7 heteroatoms. The van der Waals surface area contributed by atoms with Crippen LogP contribution in [0.2, 0.25) is 0 Å². The summed E-state index contributed by atoms with van der Waals surface area (Å²) in [4.78, 5) is 17.3. The minimum Gasteiger partial charge on any atom is -0.379 e. The quantitative estimate of drug-likeness (QED) is 0.725. The molecule has 0 bridgehead atoms. The Morgan fingerprint density at radius 2 is 2.14 bits per heavy atom. The van der Waals surface area contributed by atoms with Crippen LogP contribution in [-0.4, -0.2) is 47.0 Å². The number of fused-ring (bicyclic) bond motifs is 2. The largest absolute Gasteiger partial charge is 0.379 e. The van der Waals surface area contributed by atoms with E-state index in [1.54, 1.807) is 0 Å². The third-order valence-corrected chi connectivity index (χ3v) is 5.65. The summed E-state index contributed by atoms with van der Waals surface area (Å²) in [6, 6.07) is 10.1. The molecule has 0 unspecified atom stereocenters. The molecule has 0 radical (unpaired) electrons. The van der Waals surface area contributed by atoms with Gasteiger partial charge in [0.2, 0.25) is 0 Å². The van der Waals surface area contributed by atoms with E-state index in [9.17, 15) is 4.79 Å². The van der Waals surface area contributed by atoms with Crippen LogP contribution in [0.15, 0.2) is 36.5 Å². The highest BCUT2D eigenvalue weighted by Gasteiger charge is 2.32. The molecule has 1 amide bonds. The minimum atomic E-state index is -0.164. The number of rotatable bonds is 4. The van der Waals surface area contributed by atoms with E-state index in [0.717, 1.165) is 35.0 Å². The minimum absolute atomic E-state index is 0.0451. The summed E-state index contributed by atoms with van der Waals surface area (Å²) < 4.78 is 11.2. The number of benzene rings is 1. The van der Waals surface area contributed by atoms with Crippen molar-refractivity contribution in [1.82, 2.24) is 20.5 Å². The lowest BCUT2D eigenvalue weighted by Gasteiger charge is -2.20. The Kier molecular flexibility index (Phi) is 4.54. The zero-order valence-corrected chi connectivity index (χ0v) is 15.5. The molecule has 144 valence electrons. The van der Waals surface area contributed by atoms with Crippen LogP contribution in [0.25, 0.3) is 10.9 Å². The maximum absolute atomic E-state index is 12.8. The molecular weight excluding hydrogens is 356 g/mol. The van der Waals surface area contributed by atoms with E-state index < -0.39 is 0 Å². The SMILES string of the molecule is O=C(N[C@H]1COC[C@H]1Cc1ccnc2ccccc12)c1n[nH]c2c1COCC2. The van der Waals surface area contributed by atoms with Crippen molar-refractivity contribution in [3.8, 4) is 0 Å². The van der Waals surface area contributed by atoms with Crippen LogP contribution in [0.4, 0.5) is 0 Å². The lowest BCUT2D eigenvalue weighted by molar-refractivity contribution is 0.0899. The molecule has 2 N–H and O–H groups in total. The molecule has 0 aliphatic carbocycles. The molecule has 5 rings (SSSR count). The van der Waals surface area contributed by atoms with Gasteiger partial charge >= 0.3 is 0 Å². The highest BCUT2D eigenvalue weighted by molar-refractivity contribution is 5.94. The summed E-state index contributed by atoms with van der Waals surface area (Å²) in [5.74, 6) is 0.0452. The molecule has 7 nitrogen and oxygen atoms in total. The summed E-state index contributed by atoms with van der Waals surface area (Å²) in [6.45, 7) is 2.24. The Bertz CT molecular complexity index is 1010. The predicted molar refractivity (Wildman–Crippen MR) is 103 cm³/mol. The van der Waals surface area contributed by atoms with Gasteiger partial charge in [0.1, 0.15) is 0 Å². The molecule has 2 atom stereocenters. The Morgan fingerprint density at radius 1 is 1.21 bits per heavy atom. The van der Waals surface area contributed by atoms with Crippen molar-refractivity contribution in [3.63, 3.8) is 0 Å². The van der Waals surface area contributed by atoms with Gasteiger partial charge in [0.05, 0.1) is 38.0 Å². The molecule has 0 spiro atoms. The van der Waals surface area contributed by atoms with Gasteiger partial charge in [-0.25, -0.2) is 0 Å². The van der Waals surface area contributed by atoms with Crippen molar-refractivity contribution in [2.75, 3.05) is 19.8 Å². The number of aromatic nitrogens is 3. The van der Waals surface area contributed by atoms with Gasteiger partial charge in [-0.2, -0.15) is 5.10 Å². The number of para-hydroxylation sites is 1. The van der Waals surface area contributed by atoms with Crippen LogP contribution in [0.5, 0.6) is 0 Å². The summed E-state index contributed by atoms with van der Waals surface area (Å²) in [6.07, 6.45) is 3.44.